The van der Waals surface area contributed by atoms with Crippen molar-refractivity contribution in [2.75, 3.05) is 7.11 Å². The molecule has 0 saturated carbocycles. The SMILES string of the molecule is COc1cccc(C(C)NC(=O)c2cccc(F)c2F)c1. The molecule has 0 aliphatic heterocycles. The van der Waals surface area contributed by atoms with Gasteiger partial charge >= 0.3 is 0 Å². The zero-order valence-corrected chi connectivity index (χ0v) is 11.7. The van der Waals surface area contributed by atoms with Crippen molar-refractivity contribution in [2.24, 2.45) is 0 Å². The zero-order valence-electron chi connectivity index (χ0n) is 11.7. The minimum atomic E-state index is -1.15. The lowest BCUT2D eigenvalue weighted by molar-refractivity contribution is 0.0934. The second-order valence-corrected chi connectivity index (χ2v) is 4.57. The number of hydrogen-bond acceptors (Lipinski definition) is 2. The standard InChI is InChI=1S/C16H15F2NO2/c1-10(11-5-3-6-12(9-11)21-2)19-16(20)13-7-4-8-14(17)15(13)18/h3-10H,1-2H3,(H,19,20). The molecule has 110 valence electrons. The predicted molar refractivity (Wildman–Crippen MR) is 75.2 cm³/mol. The van der Waals surface area contributed by atoms with Crippen molar-refractivity contribution in [3.8, 4) is 5.75 Å². The van der Waals surface area contributed by atoms with Gasteiger partial charge in [0.2, 0.25) is 0 Å². The number of amides is 1. The number of benzene rings is 2. The average molecular weight is 291 g/mol. The Morgan fingerprint density at radius 1 is 1.19 bits per heavy atom. The third-order valence-corrected chi connectivity index (χ3v) is 3.14. The summed E-state index contributed by atoms with van der Waals surface area (Å²) in [6.45, 7) is 1.75. The maximum absolute atomic E-state index is 13.6. The Morgan fingerprint density at radius 2 is 1.90 bits per heavy atom. The third kappa shape index (κ3) is 3.37. The molecule has 2 aromatic carbocycles. The van der Waals surface area contributed by atoms with E-state index in [-0.39, 0.29) is 11.6 Å². The minimum Gasteiger partial charge on any atom is -0.497 e. The van der Waals surface area contributed by atoms with Gasteiger partial charge in [-0.25, -0.2) is 8.78 Å². The Balaban J connectivity index is 2.16. The van der Waals surface area contributed by atoms with Crippen LogP contribution in [-0.2, 0) is 0 Å². The fraction of sp³-hybridized carbons (Fsp3) is 0.188. The number of hydrogen-bond donors (Lipinski definition) is 1. The lowest BCUT2D eigenvalue weighted by Gasteiger charge is -2.15. The fourth-order valence-electron chi connectivity index (χ4n) is 1.95. The molecular formula is C16H15F2NO2. The summed E-state index contributed by atoms with van der Waals surface area (Å²) in [5.41, 5.74) is 0.490. The van der Waals surface area contributed by atoms with Crippen molar-refractivity contribution in [2.45, 2.75) is 13.0 Å². The summed E-state index contributed by atoms with van der Waals surface area (Å²) in [5.74, 6) is -2.20. The predicted octanol–water partition coefficient (Wildman–Crippen LogP) is 3.46. The second-order valence-electron chi connectivity index (χ2n) is 4.57. The third-order valence-electron chi connectivity index (χ3n) is 3.14. The smallest absolute Gasteiger partial charge is 0.254 e. The van der Waals surface area contributed by atoms with Crippen LogP contribution >= 0.6 is 0 Å². The highest BCUT2D eigenvalue weighted by molar-refractivity contribution is 5.94. The Kier molecular flexibility index (Phi) is 4.52. The van der Waals surface area contributed by atoms with Crippen LogP contribution in [0.25, 0.3) is 0 Å². The van der Waals surface area contributed by atoms with E-state index in [0.717, 1.165) is 11.6 Å². The number of nitrogens with one attached hydrogen (secondary N) is 1. The van der Waals surface area contributed by atoms with E-state index in [4.69, 9.17) is 4.74 Å². The van der Waals surface area contributed by atoms with Crippen LogP contribution in [0, 0.1) is 11.6 Å². The van der Waals surface area contributed by atoms with Gasteiger partial charge in [-0.3, -0.25) is 4.79 Å². The molecule has 0 spiro atoms. The monoisotopic (exact) mass is 291 g/mol. The molecule has 0 aromatic heterocycles. The van der Waals surface area contributed by atoms with Gasteiger partial charge in [0.05, 0.1) is 18.7 Å². The summed E-state index contributed by atoms with van der Waals surface area (Å²) in [4.78, 5) is 12.0. The van der Waals surface area contributed by atoms with Gasteiger partial charge in [-0.05, 0) is 36.8 Å². The van der Waals surface area contributed by atoms with Crippen LogP contribution in [0.5, 0.6) is 5.75 Å². The van der Waals surface area contributed by atoms with Crippen LogP contribution in [0.4, 0.5) is 8.78 Å². The molecule has 5 heteroatoms. The first kappa shape index (κ1) is 15.0. The molecule has 0 radical (unpaired) electrons. The van der Waals surface area contributed by atoms with Crippen molar-refractivity contribution >= 4 is 5.91 Å². The summed E-state index contributed by atoms with van der Waals surface area (Å²) >= 11 is 0. The van der Waals surface area contributed by atoms with Gasteiger partial charge < -0.3 is 10.1 Å². The van der Waals surface area contributed by atoms with E-state index in [1.54, 1.807) is 32.2 Å². The van der Waals surface area contributed by atoms with E-state index in [0.29, 0.717) is 5.75 Å². The van der Waals surface area contributed by atoms with E-state index in [1.165, 1.54) is 12.1 Å². The lowest BCUT2D eigenvalue weighted by atomic mass is 10.1. The van der Waals surface area contributed by atoms with Gasteiger partial charge in [0, 0.05) is 0 Å². The van der Waals surface area contributed by atoms with E-state index in [2.05, 4.69) is 5.32 Å². The number of methoxy groups -OCH3 is 1. The molecule has 2 aromatic rings. The normalized spacial score (nSPS) is 11.8. The lowest BCUT2D eigenvalue weighted by Crippen LogP contribution is -2.27. The molecule has 0 bridgehead atoms. The van der Waals surface area contributed by atoms with Crippen LogP contribution in [0.15, 0.2) is 42.5 Å². The van der Waals surface area contributed by atoms with Gasteiger partial charge in [0.15, 0.2) is 11.6 Å². The summed E-state index contributed by atoms with van der Waals surface area (Å²) in [6.07, 6.45) is 0. The van der Waals surface area contributed by atoms with E-state index in [9.17, 15) is 13.6 Å². The molecule has 21 heavy (non-hydrogen) atoms. The van der Waals surface area contributed by atoms with Crippen molar-refractivity contribution in [1.82, 2.24) is 5.32 Å². The van der Waals surface area contributed by atoms with Gasteiger partial charge in [-0.15, -0.1) is 0 Å². The summed E-state index contributed by atoms with van der Waals surface area (Å²) in [6, 6.07) is 10.3. The average Bonchev–Trinajstić information content (AvgIpc) is 2.49. The molecule has 0 saturated heterocycles. The van der Waals surface area contributed by atoms with Crippen LogP contribution in [0.1, 0.15) is 28.9 Å². The maximum Gasteiger partial charge on any atom is 0.254 e. The largest absolute Gasteiger partial charge is 0.497 e. The maximum atomic E-state index is 13.6. The molecule has 1 amide bonds. The van der Waals surface area contributed by atoms with Gasteiger partial charge in [0.25, 0.3) is 5.91 Å². The number of carbonyl (C=O) groups is 1. The van der Waals surface area contributed by atoms with Crippen molar-refractivity contribution in [1.29, 1.82) is 0 Å². The Bertz CT molecular complexity index is 658. The number of carbonyl (C=O) groups excluding carboxylic acids is 1. The second kappa shape index (κ2) is 6.35. The van der Waals surface area contributed by atoms with Crippen LogP contribution in [0.2, 0.25) is 0 Å². The molecule has 2 rings (SSSR count). The first-order valence-corrected chi connectivity index (χ1v) is 6.41. The Labute approximate surface area is 121 Å². The Morgan fingerprint density at radius 3 is 2.62 bits per heavy atom. The van der Waals surface area contributed by atoms with E-state index >= 15 is 0 Å². The van der Waals surface area contributed by atoms with Crippen molar-refractivity contribution in [3.63, 3.8) is 0 Å². The Hall–Kier alpha value is -2.43. The molecule has 0 fully saturated rings. The molecular weight excluding hydrogens is 276 g/mol. The molecule has 1 N–H and O–H groups in total. The van der Waals surface area contributed by atoms with Crippen LogP contribution < -0.4 is 10.1 Å². The number of rotatable bonds is 4. The molecule has 3 nitrogen and oxygen atoms in total. The highest BCUT2D eigenvalue weighted by Crippen LogP contribution is 2.20. The highest BCUT2D eigenvalue weighted by Gasteiger charge is 2.17. The molecule has 1 atom stereocenters. The molecule has 0 aliphatic carbocycles. The van der Waals surface area contributed by atoms with Gasteiger partial charge in [-0.1, -0.05) is 18.2 Å². The molecule has 0 heterocycles. The van der Waals surface area contributed by atoms with Crippen LogP contribution in [0.3, 0.4) is 0 Å². The summed E-state index contributed by atoms with van der Waals surface area (Å²) in [5, 5.41) is 2.63. The summed E-state index contributed by atoms with van der Waals surface area (Å²) < 4.78 is 31.8. The number of ether oxygens (including phenoxy) is 1. The van der Waals surface area contributed by atoms with Crippen LogP contribution in [-0.4, -0.2) is 13.0 Å². The first-order chi connectivity index (χ1) is 10.0. The zero-order chi connectivity index (χ0) is 15.4. The number of halogens is 2. The molecule has 1 unspecified atom stereocenters. The molecule has 0 aliphatic rings. The quantitative estimate of drug-likeness (QED) is 0.936. The fourth-order valence-corrected chi connectivity index (χ4v) is 1.95. The van der Waals surface area contributed by atoms with E-state index < -0.39 is 17.5 Å². The topological polar surface area (TPSA) is 38.3 Å². The highest BCUT2D eigenvalue weighted by atomic mass is 19.2. The van der Waals surface area contributed by atoms with Gasteiger partial charge in [-0.2, -0.15) is 0 Å². The van der Waals surface area contributed by atoms with Crippen molar-refractivity contribution in [3.05, 3.63) is 65.2 Å². The minimum absolute atomic E-state index is 0.315. The van der Waals surface area contributed by atoms with Gasteiger partial charge in [0.1, 0.15) is 5.75 Å². The van der Waals surface area contributed by atoms with Crippen molar-refractivity contribution < 1.29 is 18.3 Å². The summed E-state index contributed by atoms with van der Waals surface area (Å²) in [7, 11) is 1.55. The van der Waals surface area contributed by atoms with E-state index in [1.807, 2.05) is 6.07 Å². The first-order valence-electron chi connectivity index (χ1n) is 6.41.